The maximum absolute atomic E-state index is 12.1. The quantitative estimate of drug-likeness (QED) is 0.749. The van der Waals surface area contributed by atoms with Gasteiger partial charge in [-0.25, -0.2) is 9.59 Å². The summed E-state index contributed by atoms with van der Waals surface area (Å²) in [7, 11) is -2.77. The van der Waals surface area contributed by atoms with E-state index >= 15 is 0 Å². The fourth-order valence-electron chi connectivity index (χ4n) is 1.41. The number of alkyl carbamates (subject to hydrolysis) is 1. The van der Waals surface area contributed by atoms with Crippen LogP contribution < -0.4 is 5.32 Å². The highest BCUT2D eigenvalue weighted by Gasteiger charge is 2.29. The van der Waals surface area contributed by atoms with Gasteiger partial charge in [-0.2, -0.15) is 0 Å². The van der Waals surface area contributed by atoms with Crippen molar-refractivity contribution < 1.29 is 23.3 Å². The molecule has 22 heavy (non-hydrogen) atoms. The van der Waals surface area contributed by atoms with E-state index in [1.165, 1.54) is 6.26 Å². The molecule has 0 aromatic carbocycles. The molecule has 8 heteroatoms. The zero-order valence-electron chi connectivity index (χ0n) is 14.4. The van der Waals surface area contributed by atoms with Crippen LogP contribution in [0.5, 0.6) is 0 Å². The van der Waals surface area contributed by atoms with Crippen molar-refractivity contribution in [3.63, 3.8) is 0 Å². The largest absolute Gasteiger partial charge is 0.458 e. The van der Waals surface area contributed by atoms with Crippen molar-refractivity contribution in [1.29, 1.82) is 4.78 Å². The SMILES string of the molecule is CC(C)(C)OC(=O)N[C@@H](CCS(C)(=N)=O)C(=O)OC(C)(C)C. The van der Waals surface area contributed by atoms with Gasteiger partial charge in [0.25, 0.3) is 0 Å². The van der Waals surface area contributed by atoms with Crippen LogP contribution >= 0.6 is 0 Å². The summed E-state index contributed by atoms with van der Waals surface area (Å²) in [6.45, 7) is 10.3. The molecule has 0 bridgehead atoms. The second-order valence-corrected chi connectivity index (χ2v) is 9.65. The summed E-state index contributed by atoms with van der Waals surface area (Å²) in [5.41, 5.74) is -1.41. The first-order valence-electron chi connectivity index (χ1n) is 7.03. The van der Waals surface area contributed by atoms with Crippen LogP contribution in [-0.4, -0.2) is 45.5 Å². The summed E-state index contributed by atoms with van der Waals surface area (Å²) in [6.07, 6.45) is 0.579. The minimum atomic E-state index is -2.77. The van der Waals surface area contributed by atoms with E-state index in [-0.39, 0.29) is 12.2 Å². The second-order valence-electron chi connectivity index (χ2n) is 7.23. The maximum atomic E-state index is 12.1. The Morgan fingerprint density at radius 2 is 1.55 bits per heavy atom. The van der Waals surface area contributed by atoms with Gasteiger partial charge in [-0.15, -0.1) is 0 Å². The minimum absolute atomic E-state index is 0.0211. The van der Waals surface area contributed by atoms with Crippen molar-refractivity contribution in [2.24, 2.45) is 0 Å². The molecule has 0 saturated carbocycles. The lowest BCUT2D eigenvalue weighted by atomic mass is 10.1. The Hall–Kier alpha value is -1.31. The number of rotatable bonds is 5. The Balaban J connectivity index is 4.93. The Morgan fingerprint density at radius 1 is 1.09 bits per heavy atom. The Bertz CT molecular complexity index is 500. The summed E-state index contributed by atoms with van der Waals surface area (Å²) in [5.74, 6) is -0.658. The topological polar surface area (TPSA) is 106 Å². The van der Waals surface area contributed by atoms with Crippen LogP contribution in [0.3, 0.4) is 0 Å². The average molecular weight is 336 g/mol. The van der Waals surface area contributed by atoms with Crippen molar-refractivity contribution in [2.75, 3.05) is 12.0 Å². The molecule has 0 aliphatic carbocycles. The van der Waals surface area contributed by atoms with Gasteiger partial charge in [0.1, 0.15) is 17.2 Å². The van der Waals surface area contributed by atoms with E-state index < -0.39 is 39.0 Å². The predicted molar refractivity (Wildman–Crippen MR) is 85.3 cm³/mol. The van der Waals surface area contributed by atoms with Crippen LogP contribution in [0.2, 0.25) is 0 Å². The Labute approximate surface area is 133 Å². The fraction of sp³-hybridized carbons (Fsp3) is 0.857. The van der Waals surface area contributed by atoms with Crippen LogP contribution in [-0.2, 0) is 24.0 Å². The summed E-state index contributed by atoms with van der Waals surface area (Å²) in [4.78, 5) is 23.9. The van der Waals surface area contributed by atoms with E-state index in [1.54, 1.807) is 41.5 Å². The molecule has 0 rings (SSSR count). The Kier molecular flexibility index (Phi) is 6.87. The van der Waals surface area contributed by atoms with Crippen LogP contribution in [0.25, 0.3) is 0 Å². The van der Waals surface area contributed by atoms with Crippen LogP contribution in [0, 0.1) is 4.78 Å². The molecule has 2 atom stereocenters. The first-order chi connectivity index (χ1) is 9.59. The lowest BCUT2D eigenvalue weighted by Crippen LogP contribution is -2.46. The number of ether oxygens (including phenoxy) is 2. The molecular weight excluding hydrogens is 308 g/mol. The standard InChI is InChI=1S/C14H28N2O5S/c1-13(2,3)20-11(17)10(8-9-22(7,15)19)16-12(18)21-14(4,5)6/h10,15H,8-9H2,1-7H3,(H,16,18)/t10-,22?/m0/s1. The highest BCUT2D eigenvalue weighted by atomic mass is 32.2. The molecule has 2 N–H and O–H groups in total. The van der Waals surface area contributed by atoms with Gasteiger partial charge in [-0.3, -0.25) is 8.99 Å². The number of carbonyl (C=O) groups is 2. The zero-order valence-corrected chi connectivity index (χ0v) is 15.3. The molecule has 0 spiro atoms. The van der Waals surface area contributed by atoms with E-state index in [9.17, 15) is 13.8 Å². The number of nitrogens with one attached hydrogen (secondary N) is 2. The molecule has 0 fully saturated rings. The van der Waals surface area contributed by atoms with Crippen LogP contribution in [0.1, 0.15) is 48.0 Å². The van der Waals surface area contributed by atoms with Crippen LogP contribution in [0.15, 0.2) is 0 Å². The average Bonchev–Trinajstić information content (AvgIpc) is 2.17. The van der Waals surface area contributed by atoms with Crippen LogP contribution in [0.4, 0.5) is 4.79 Å². The zero-order chi connectivity index (χ0) is 17.8. The Morgan fingerprint density at radius 3 is 1.91 bits per heavy atom. The van der Waals surface area contributed by atoms with E-state index in [0.29, 0.717) is 0 Å². The smallest absolute Gasteiger partial charge is 0.408 e. The highest BCUT2D eigenvalue weighted by molar-refractivity contribution is 7.91. The van der Waals surface area contributed by atoms with E-state index in [1.807, 2.05) is 0 Å². The molecule has 0 heterocycles. The summed E-state index contributed by atoms with van der Waals surface area (Å²) >= 11 is 0. The number of hydrogen-bond acceptors (Lipinski definition) is 6. The van der Waals surface area contributed by atoms with Gasteiger partial charge in [-0.05, 0) is 48.0 Å². The van der Waals surface area contributed by atoms with Crippen molar-refractivity contribution in [1.82, 2.24) is 5.32 Å². The van der Waals surface area contributed by atoms with Gasteiger partial charge < -0.3 is 14.8 Å². The van der Waals surface area contributed by atoms with E-state index in [0.717, 1.165) is 0 Å². The van der Waals surface area contributed by atoms with Gasteiger partial charge in [0, 0.05) is 21.7 Å². The molecule has 0 radical (unpaired) electrons. The minimum Gasteiger partial charge on any atom is -0.458 e. The molecule has 0 aliphatic rings. The molecule has 0 aromatic rings. The lowest BCUT2D eigenvalue weighted by Gasteiger charge is -2.26. The number of amides is 1. The maximum Gasteiger partial charge on any atom is 0.408 e. The first-order valence-corrected chi connectivity index (χ1v) is 9.16. The summed E-state index contributed by atoms with van der Waals surface area (Å²) in [5, 5.41) is 2.42. The molecule has 0 aromatic heterocycles. The lowest BCUT2D eigenvalue weighted by molar-refractivity contribution is -0.157. The molecule has 7 nitrogen and oxygen atoms in total. The van der Waals surface area contributed by atoms with Crippen molar-refractivity contribution in [3.05, 3.63) is 0 Å². The molecule has 1 amide bonds. The fourth-order valence-corrected chi connectivity index (χ4v) is 2.10. The third-order valence-corrected chi connectivity index (χ3v) is 3.19. The second kappa shape index (κ2) is 7.30. The molecule has 1 unspecified atom stereocenters. The van der Waals surface area contributed by atoms with Gasteiger partial charge >= 0.3 is 12.1 Å². The molecule has 130 valence electrons. The monoisotopic (exact) mass is 336 g/mol. The van der Waals surface area contributed by atoms with Gasteiger partial charge in [-0.1, -0.05) is 0 Å². The van der Waals surface area contributed by atoms with Gasteiger partial charge in [0.15, 0.2) is 0 Å². The number of carbonyl (C=O) groups excluding carboxylic acids is 2. The van der Waals surface area contributed by atoms with E-state index in [2.05, 4.69) is 5.32 Å². The molecule has 0 saturated heterocycles. The van der Waals surface area contributed by atoms with Crippen molar-refractivity contribution >= 4 is 21.8 Å². The molecule has 0 aliphatic heterocycles. The summed E-state index contributed by atoms with van der Waals surface area (Å²) < 4.78 is 29.2. The summed E-state index contributed by atoms with van der Waals surface area (Å²) in [6, 6.07) is -1.000. The van der Waals surface area contributed by atoms with E-state index in [4.69, 9.17) is 14.3 Å². The molecular formula is C14H28N2O5S. The first kappa shape index (κ1) is 20.7. The normalized spacial score (nSPS) is 16.3. The van der Waals surface area contributed by atoms with Crippen molar-refractivity contribution in [2.45, 2.75) is 65.2 Å². The number of hydrogen-bond donors (Lipinski definition) is 2. The van der Waals surface area contributed by atoms with Gasteiger partial charge in [0.05, 0.1) is 0 Å². The number of esters is 1. The van der Waals surface area contributed by atoms with Crippen molar-refractivity contribution in [3.8, 4) is 0 Å². The third-order valence-electron chi connectivity index (χ3n) is 2.18. The highest BCUT2D eigenvalue weighted by Crippen LogP contribution is 2.12. The third kappa shape index (κ3) is 11.4. The predicted octanol–water partition coefficient (Wildman–Crippen LogP) is 2.29. The van der Waals surface area contributed by atoms with Gasteiger partial charge in [0.2, 0.25) is 0 Å².